The van der Waals surface area contributed by atoms with Crippen molar-refractivity contribution in [1.82, 2.24) is 4.90 Å². The molecule has 88 valence electrons. The normalized spacial score (nSPS) is 12.8. The Balaban J connectivity index is 2.64. The second-order valence-electron chi connectivity index (χ2n) is 4.40. The van der Waals surface area contributed by atoms with E-state index in [4.69, 9.17) is 0 Å². The van der Waals surface area contributed by atoms with E-state index in [-0.39, 0.29) is 6.04 Å². The average molecular weight is 219 g/mol. The van der Waals surface area contributed by atoms with Crippen LogP contribution in [0.4, 0.5) is 0 Å². The van der Waals surface area contributed by atoms with Crippen molar-refractivity contribution in [2.45, 2.75) is 39.8 Å². The summed E-state index contributed by atoms with van der Waals surface area (Å²) in [5, 5.41) is 0. The summed E-state index contributed by atoms with van der Waals surface area (Å²) in [6, 6.07) is 8.42. The van der Waals surface area contributed by atoms with Crippen LogP contribution in [0.2, 0.25) is 0 Å². The molecular formula is C14H21NO. The van der Waals surface area contributed by atoms with Gasteiger partial charge in [0, 0.05) is 13.0 Å². The number of carbonyl (C=O) groups excluding carboxylic acids is 1. The summed E-state index contributed by atoms with van der Waals surface area (Å²) in [4.78, 5) is 13.7. The number of benzene rings is 1. The Kier molecular flexibility index (Phi) is 4.69. The van der Waals surface area contributed by atoms with E-state index >= 15 is 0 Å². The summed E-state index contributed by atoms with van der Waals surface area (Å²) < 4.78 is 0. The first kappa shape index (κ1) is 12.9. The summed E-state index contributed by atoms with van der Waals surface area (Å²) >= 11 is 0. The van der Waals surface area contributed by atoms with E-state index in [1.54, 1.807) is 0 Å². The Labute approximate surface area is 98.3 Å². The number of ketones is 1. The lowest BCUT2D eigenvalue weighted by Gasteiger charge is -2.23. The van der Waals surface area contributed by atoms with E-state index in [0.717, 1.165) is 6.54 Å². The van der Waals surface area contributed by atoms with Crippen molar-refractivity contribution in [1.29, 1.82) is 0 Å². The lowest BCUT2D eigenvalue weighted by molar-refractivity contribution is -0.123. The van der Waals surface area contributed by atoms with Crippen LogP contribution in [0, 0.1) is 6.92 Å². The molecule has 2 nitrogen and oxygen atoms in total. The van der Waals surface area contributed by atoms with Crippen LogP contribution in [0.1, 0.15) is 31.4 Å². The molecule has 0 aromatic heterocycles. The monoisotopic (exact) mass is 219 g/mol. The zero-order chi connectivity index (χ0) is 12.1. The highest BCUT2D eigenvalue weighted by Crippen LogP contribution is 2.09. The molecule has 0 bridgehead atoms. The molecule has 16 heavy (non-hydrogen) atoms. The molecule has 0 amide bonds. The predicted molar refractivity (Wildman–Crippen MR) is 67.4 cm³/mol. The maximum atomic E-state index is 11.6. The number of carbonyl (C=O) groups is 1. The van der Waals surface area contributed by atoms with Crippen molar-refractivity contribution in [3.8, 4) is 0 Å². The zero-order valence-electron chi connectivity index (χ0n) is 10.7. The molecular weight excluding hydrogens is 198 g/mol. The molecule has 1 aromatic carbocycles. The molecule has 0 radical (unpaired) electrons. The average Bonchev–Trinajstić information content (AvgIpc) is 2.27. The SMILES string of the molecule is CCC(=O)C(C)N(C)Cc1cccc(C)c1. The fourth-order valence-electron chi connectivity index (χ4n) is 1.78. The standard InChI is InChI=1S/C14H21NO/c1-5-14(16)12(3)15(4)10-13-8-6-7-11(2)9-13/h6-9,12H,5,10H2,1-4H3. The molecule has 0 aliphatic rings. The highest BCUT2D eigenvalue weighted by molar-refractivity contribution is 5.83. The molecule has 0 fully saturated rings. The first-order valence-electron chi connectivity index (χ1n) is 5.83. The Bertz CT molecular complexity index is 360. The smallest absolute Gasteiger partial charge is 0.149 e. The van der Waals surface area contributed by atoms with E-state index in [1.807, 2.05) is 20.9 Å². The first-order valence-corrected chi connectivity index (χ1v) is 5.83. The van der Waals surface area contributed by atoms with Gasteiger partial charge in [0.1, 0.15) is 5.78 Å². The number of aryl methyl sites for hydroxylation is 1. The highest BCUT2D eigenvalue weighted by atomic mass is 16.1. The lowest BCUT2D eigenvalue weighted by atomic mass is 10.1. The highest BCUT2D eigenvalue weighted by Gasteiger charge is 2.15. The fraction of sp³-hybridized carbons (Fsp3) is 0.500. The number of rotatable bonds is 5. The van der Waals surface area contributed by atoms with Crippen LogP contribution < -0.4 is 0 Å². The number of nitrogens with zero attached hydrogens (tertiary/aromatic N) is 1. The number of hydrogen-bond acceptors (Lipinski definition) is 2. The molecule has 1 aromatic rings. The molecule has 0 spiro atoms. The van der Waals surface area contributed by atoms with Gasteiger partial charge in [-0.15, -0.1) is 0 Å². The molecule has 1 unspecified atom stereocenters. The van der Waals surface area contributed by atoms with Gasteiger partial charge in [0.05, 0.1) is 6.04 Å². The minimum atomic E-state index is 0.00510. The summed E-state index contributed by atoms with van der Waals surface area (Å²) in [6.07, 6.45) is 0.610. The van der Waals surface area contributed by atoms with Gasteiger partial charge in [0.25, 0.3) is 0 Å². The summed E-state index contributed by atoms with van der Waals surface area (Å²) in [5.74, 6) is 0.301. The van der Waals surface area contributed by atoms with Gasteiger partial charge < -0.3 is 0 Å². The van der Waals surface area contributed by atoms with Crippen LogP contribution in [-0.4, -0.2) is 23.8 Å². The van der Waals surface area contributed by atoms with Crippen molar-refractivity contribution < 1.29 is 4.79 Å². The Morgan fingerprint density at radius 2 is 2.12 bits per heavy atom. The molecule has 0 saturated carbocycles. The van der Waals surface area contributed by atoms with Crippen molar-refractivity contribution in [3.05, 3.63) is 35.4 Å². The van der Waals surface area contributed by atoms with Crippen LogP contribution in [0.3, 0.4) is 0 Å². The zero-order valence-corrected chi connectivity index (χ0v) is 10.7. The maximum absolute atomic E-state index is 11.6. The maximum Gasteiger partial charge on any atom is 0.149 e. The Hall–Kier alpha value is -1.15. The molecule has 0 saturated heterocycles. The minimum absolute atomic E-state index is 0.00510. The third-order valence-corrected chi connectivity index (χ3v) is 2.99. The number of hydrogen-bond donors (Lipinski definition) is 0. The molecule has 0 aliphatic heterocycles. The van der Waals surface area contributed by atoms with E-state index in [9.17, 15) is 4.79 Å². The van der Waals surface area contributed by atoms with Crippen molar-refractivity contribution in [2.75, 3.05) is 7.05 Å². The van der Waals surface area contributed by atoms with Crippen LogP contribution in [0.25, 0.3) is 0 Å². The van der Waals surface area contributed by atoms with Gasteiger partial charge in [-0.2, -0.15) is 0 Å². The molecule has 2 heteroatoms. The van der Waals surface area contributed by atoms with Gasteiger partial charge in [-0.05, 0) is 26.5 Å². The predicted octanol–water partition coefficient (Wildman–Crippen LogP) is 2.79. The van der Waals surface area contributed by atoms with E-state index < -0.39 is 0 Å². The van der Waals surface area contributed by atoms with Gasteiger partial charge in [0.2, 0.25) is 0 Å². The van der Waals surface area contributed by atoms with E-state index in [1.165, 1.54) is 11.1 Å². The number of Topliss-reactive ketones (excluding diaryl/α,β-unsaturated/α-hetero) is 1. The second-order valence-corrected chi connectivity index (χ2v) is 4.40. The molecule has 0 aliphatic carbocycles. The quantitative estimate of drug-likeness (QED) is 0.759. The third kappa shape index (κ3) is 3.46. The van der Waals surface area contributed by atoms with Crippen molar-refractivity contribution in [3.63, 3.8) is 0 Å². The largest absolute Gasteiger partial charge is 0.298 e. The van der Waals surface area contributed by atoms with E-state index in [2.05, 4.69) is 36.1 Å². The Morgan fingerprint density at radius 3 is 2.69 bits per heavy atom. The van der Waals surface area contributed by atoms with Crippen LogP contribution in [0.5, 0.6) is 0 Å². The Morgan fingerprint density at radius 1 is 1.44 bits per heavy atom. The van der Waals surface area contributed by atoms with Gasteiger partial charge in [-0.25, -0.2) is 0 Å². The molecule has 1 atom stereocenters. The van der Waals surface area contributed by atoms with Crippen molar-refractivity contribution >= 4 is 5.78 Å². The molecule has 0 heterocycles. The van der Waals surface area contributed by atoms with E-state index in [0.29, 0.717) is 12.2 Å². The molecule has 0 N–H and O–H groups in total. The first-order chi connectivity index (χ1) is 7.54. The number of likely N-dealkylation sites (N-methyl/N-ethyl adjacent to an activating group) is 1. The minimum Gasteiger partial charge on any atom is -0.298 e. The fourth-order valence-corrected chi connectivity index (χ4v) is 1.78. The van der Waals surface area contributed by atoms with Crippen molar-refractivity contribution in [2.24, 2.45) is 0 Å². The summed E-state index contributed by atoms with van der Waals surface area (Å²) in [7, 11) is 2.00. The van der Waals surface area contributed by atoms with Crippen LogP contribution in [-0.2, 0) is 11.3 Å². The van der Waals surface area contributed by atoms with Crippen LogP contribution in [0.15, 0.2) is 24.3 Å². The topological polar surface area (TPSA) is 20.3 Å². The molecule has 1 rings (SSSR count). The third-order valence-electron chi connectivity index (χ3n) is 2.99. The summed E-state index contributed by atoms with van der Waals surface area (Å²) in [6.45, 7) is 6.81. The summed E-state index contributed by atoms with van der Waals surface area (Å²) in [5.41, 5.74) is 2.53. The van der Waals surface area contributed by atoms with Gasteiger partial charge in [-0.3, -0.25) is 9.69 Å². The van der Waals surface area contributed by atoms with Crippen LogP contribution >= 0.6 is 0 Å². The second kappa shape index (κ2) is 5.80. The van der Waals surface area contributed by atoms with Gasteiger partial charge >= 0.3 is 0 Å². The van der Waals surface area contributed by atoms with Gasteiger partial charge in [0.15, 0.2) is 0 Å². The van der Waals surface area contributed by atoms with Gasteiger partial charge in [-0.1, -0.05) is 36.8 Å². The lowest BCUT2D eigenvalue weighted by Crippen LogP contribution is -2.35.